The number of dihydropyridines is 1. The fourth-order valence-corrected chi connectivity index (χ4v) is 4.23. The van der Waals surface area contributed by atoms with Crippen LogP contribution in [0.2, 0.25) is 0 Å². The molecule has 24 heavy (non-hydrogen) atoms. The molecule has 0 radical (unpaired) electrons. The molecule has 122 valence electrons. The van der Waals surface area contributed by atoms with Crippen LogP contribution in [0.25, 0.3) is 6.08 Å². The van der Waals surface area contributed by atoms with E-state index in [-0.39, 0.29) is 17.2 Å². The van der Waals surface area contributed by atoms with Crippen LogP contribution in [0.3, 0.4) is 0 Å². The van der Waals surface area contributed by atoms with E-state index >= 15 is 0 Å². The lowest BCUT2D eigenvalue weighted by molar-refractivity contribution is -0.116. The van der Waals surface area contributed by atoms with Gasteiger partial charge in [-0.1, -0.05) is 30.0 Å². The lowest BCUT2D eigenvalue weighted by atomic mass is 9.96. The normalized spacial score (nSPS) is 22.5. The smallest absolute Gasteiger partial charge is 0.244 e. The Kier molecular flexibility index (Phi) is 4.86. The summed E-state index contributed by atoms with van der Waals surface area (Å²) in [4.78, 5) is 17.6. The zero-order valence-electron chi connectivity index (χ0n) is 13.7. The predicted molar refractivity (Wildman–Crippen MR) is 98.6 cm³/mol. The first-order valence-electron chi connectivity index (χ1n) is 7.94. The van der Waals surface area contributed by atoms with Gasteiger partial charge >= 0.3 is 0 Å². The van der Waals surface area contributed by atoms with E-state index in [1.807, 2.05) is 31.3 Å². The minimum Gasteiger partial charge on any atom is -0.339 e. The third-order valence-electron chi connectivity index (χ3n) is 4.45. The molecule has 5 heteroatoms. The third-order valence-corrected chi connectivity index (χ3v) is 5.72. The Morgan fingerprint density at radius 3 is 3.08 bits per heavy atom. The molecule has 0 saturated heterocycles. The quantitative estimate of drug-likeness (QED) is 0.860. The lowest BCUT2D eigenvalue weighted by Crippen LogP contribution is -2.35. The van der Waals surface area contributed by atoms with Gasteiger partial charge in [0.1, 0.15) is 0 Å². The van der Waals surface area contributed by atoms with E-state index in [2.05, 4.69) is 29.4 Å². The number of hydrogen-bond acceptors (Lipinski definition) is 4. The molecule has 0 aliphatic carbocycles. The number of benzene rings is 1. The number of carbonyl (C=O) groups is 1. The number of thioether (sulfide) groups is 1. The molecule has 1 aromatic rings. The molecule has 2 heterocycles. The average Bonchev–Trinajstić information content (AvgIpc) is 2.93. The summed E-state index contributed by atoms with van der Waals surface area (Å²) in [6.07, 6.45) is 6.00. The SMILES string of the molecule is Cc1cccc(/C=C/C(=O)NC2SC3=C(CCN=C3)C2C#N)c1C. The average molecular weight is 337 g/mol. The standard InChI is InChI=1S/C19H19N3OS/c1-12-4-3-5-14(13(12)2)6-7-18(23)22-19-16(10-20)15-8-9-21-11-17(15)24-19/h3-7,11,16,19H,8-9H2,1-2H3,(H,22,23)/b7-6+. The molecule has 0 aromatic heterocycles. The molecule has 2 aliphatic rings. The summed E-state index contributed by atoms with van der Waals surface area (Å²) >= 11 is 1.52. The van der Waals surface area contributed by atoms with Gasteiger partial charge in [-0.2, -0.15) is 5.26 Å². The van der Waals surface area contributed by atoms with Crippen LogP contribution in [0.4, 0.5) is 0 Å². The number of nitrogens with zero attached hydrogens (tertiary/aromatic N) is 2. The van der Waals surface area contributed by atoms with E-state index in [0.29, 0.717) is 0 Å². The minimum absolute atomic E-state index is 0.176. The molecule has 0 saturated carbocycles. The number of aryl methyl sites for hydroxylation is 1. The highest BCUT2D eigenvalue weighted by atomic mass is 32.2. The van der Waals surface area contributed by atoms with Crippen LogP contribution < -0.4 is 5.32 Å². The van der Waals surface area contributed by atoms with E-state index in [1.165, 1.54) is 22.9 Å². The molecule has 0 fully saturated rings. The molecule has 1 aromatic carbocycles. The van der Waals surface area contributed by atoms with Crippen LogP contribution in [0.1, 0.15) is 23.1 Å². The van der Waals surface area contributed by atoms with E-state index in [1.54, 1.807) is 6.08 Å². The first-order valence-corrected chi connectivity index (χ1v) is 8.82. The van der Waals surface area contributed by atoms with Crippen molar-refractivity contribution >= 4 is 30.0 Å². The predicted octanol–water partition coefficient (Wildman–Crippen LogP) is 3.37. The second kappa shape index (κ2) is 7.06. The van der Waals surface area contributed by atoms with Gasteiger partial charge in [0.25, 0.3) is 0 Å². The van der Waals surface area contributed by atoms with Gasteiger partial charge in [-0.25, -0.2) is 0 Å². The summed E-state index contributed by atoms with van der Waals surface area (Å²) in [5, 5.41) is 12.2. The number of carbonyl (C=O) groups excluding carboxylic acids is 1. The van der Waals surface area contributed by atoms with Crippen molar-refractivity contribution in [3.05, 3.63) is 51.4 Å². The largest absolute Gasteiger partial charge is 0.339 e. The Hall–Kier alpha value is -2.32. The van der Waals surface area contributed by atoms with Crippen molar-refractivity contribution in [3.8, 4) is 6.07 Å². The van der Waals surface area contributed by atoms with Gasteiger partial charge in [-0.05, 0) is 48.6 Å². The lowest BCUT2D eigenvalue weighted by Gasteiger charge is -2.16. The molecule has 1 N–H and O–H groups in total. The van der Waals surface area contributed by atoms with Crippen LogP contribution >= 0.6 is 11.8 Å². The molecular formula is C19H19N3OS. The molecule has 1 amide bonds. The van der Waals surface area contributed by atoms with Gasteiger partial charge < -0.3 is 5.32 Å². The van der Waals surface area contributed by atoms with E-state index in [9.17, 15) is 10.1 Å². The fraction of sp³-hybridized carbons (Fsp3) is 0.316. The number of nitrogens with one attached hydrogen (secondary N) is 1. The highest BCUT2D eigenvalue weighted by Crippen LogP contribution is 2.42. The summed E-state index contributed by atoms with van der Waals surface area (Å²) < 4.78 is 0. The molecular weight excluding hydrogens is 318 g/mol. The summed E-state index contributed by atoms with van der Waals surface area (Å²) in [5.74, 6) is -0.444. The van der Waals surface area contributed by atoms with Gasteiger partial charge in [0.05, 0.1) is 17.4 Å². The van der Waals surface area contributed by atoms with Crippen LogP contribution in [0, 0.1) is 31.1 Å². The second-order valence-corrected chi connectivity index (χ2v) is 7.13. The maximum Gasteiger partial charge on any atom is 0.244 e. The van der Waals surface area contributed by atoms with Crippen molar-refractivity contribution in [1.82, 2.24) is 5.32 Å². The first kappa shape index (κ1) is 16.5. The minimum atomic E-state index is -0.269. The molecule has 3 rings (SSSR count). The van der Waals surface area contributed by atoms with Crippen LogP contribution in [0.5, 0.6) is 0 Å². The zero-order valence-corrected chi connectivity index (χ0v) is 14.6. The maximum atomic E-state index is 12.3. The molecule has 0 bridgehead atoms. The van der Waals surface area contributed by atoms with Crippen molar-refractivity contribution in [2.24, 2.45) is 10.9 Å². The van der Waals surface area contributed by atoms with E-state index in [0.717, 1.165) is 29.0 Å². The van der Waals surface area contributed by atoms with Crippen LogP contribution in [-0.4, -0.2) is 24.0 Å². The van der Waals surface area contributed by atoms with Gasteiger partial charge in [0, 0.05) is 23.7 Å². The van der Waals surface area contributed by atoms with Crippen molar-refractivity contribution in [1.29, 1.82) is 5.26 Å². The highest BCUT2D eigenvalue weighted by Gasteiger charge is 2.36. The van der Waals surface area contributed by atoms with Crippen LogP contribution in [-0.2, 0) is 4.79 Å². The Balaban J connectivity index is 1.67. The van der Waals surface area contributed by atoms with Gasteiger partial charge in [-0.15, -0.1) is 0 Å². The highest BCUT2D eigenvalue weighted by molar-refractivity contribution is 8.04. The fourth-order valence-electron chi connectivity index (χ4n) is 2.91. The Bertz CT molecular complexity index is 801. The summed E-state index contributed by atoms with van der Waals surface area (Å²) in [7, 11) is 0. The van der Waals surface area contributed by atoms with E-state index < -0.39 is 0 Å². The van der Waals surface area contributed by atoms with Gasteiger partial charge in [0.15, 0.2) is 0 Å². The number of allylic oxidation sites excluding steroid dienone is 1. The second-order valence-electron chi connectivity index (χ2n) is 5.95. The number of amides is 1. The first-order chi connectivity index (χ1) is 11.6. The monoisotopic (exact) mass is 337 g/mol. The topological polar surface area (TPSA) is 65.2 Å². The molecule has 2 aliphatic heterocycles. The summed E-state index contributed by atoms with van der Waals surface area (Å²) in [5.41, 5.74) is 4.51. The van der Waals surface area contributed by atoms with Crippen molar-refractivity contribution in [3.63, 3.8) is 0 Å². The van der Waals surface area contributed by atoms with Crippen molar-refractivity contribution in [2.75, 3.05) is 6.54 Å². The Morgan fingerprint density at radius 1 is 1.46 bits per heavy atom. The number of nitriles is 1. The molecule has 4 nitrogen and oxygen atoms in total. The van der Waals surface area contributed by atoms with Gasteiger partial charge in [-0.3, -0.25) is 9.79 Å². The number of rotatable bonds is 3. The van der Waals surface area contributed by atoms with Crippen molar-refractivity contribution in [2.45, 2.75) is 25.6 Å². The maximum absolute atomic E-state index is 12.3. The molecule has 0 spiro atoms. The van der Waals surface area contributed by atoms with E-state index in [4.69, 9.17) is 0 Å². The van der Waals surface area contributed by atoms with Crippen molar-refractivity contribution < 1.29 is 4.79 Å². The van der Waals surface area contributed by atoms with Gasteiger partial charge in [0.2, 0.25) is 5.91 Å². The Morgan fingerprint density at radius 2 is 2.29 bits per heavy atom. The molecule has 2 atom stereocenters. The Labute approximate surface area is 146 Å². The number of aliphatic imine (C=N–C) groups is 1. The third kappa shape index (κ3) is 3.29. The number of hydrogen-bond donors (Lipinski definition) is 1. The summed E-state index contributed by atoms with van der Waals surface area (Å²) in [6, 6.07) is 8.36. The summed E-state index contributed by atoms with van der Waals surface area (Å²) in [6.45, 7) is 4.82. The van der Waals surface area contributed by atoms with Crippen LogP contribution in [0.15, 0.2) is 39.7 Å². The molecule has 2 unspecified atom stereocenters. The zero-order chi connectivity index (χ0) is 17.1.